The van der Waals surface area contributed by atoms with Crippen molar-refractivity contribution in [1.82, 2.24) is 0 Å². The number of rotatable bonds is 0. The molecule has 0 bridgehead atoms. The van der Waals surface area contributed by atoms with Gasteiger partial charge in [0.05, 0.1) is 10.0 Å². The maximum Gasteiger partial charge on any atom is 0.152 e. The first-order valence-electron chi connectivity index (χ1n) is 11.2. The molecular weight excluding hydrogens is 566 g/mol. The van der Waals surface area contributed by atoms with E-state index in [1.165, 1.54) is 12.1 Å². The fourth-order valence-corrected chi connectivity index (χ4v) is 3.93. The average molecular weight is 592 g/mol. The minimum Gasteiger partial charge on any atom is -0.508 e. The number of hydrogen-bond acceptors (Lipinski definition) is 4. The van der Waals surface area contributed by atoms with E-state index in [9.17, 15) is 10.2 Å². The van der Waals surface area contributed by atoms with E-state index in [1.807, 2.05) is 68.4 Å². The highest BCUT2D eigenvalue weighted by molar-refractivity contribution is 6.40. The summed E-state index contributed by atoms with van der Waals surface area (Å²) < 4.78 is 0. The molecule has 38 heavy (non-hydrogen) atoms. The first kappa shape index (κ1) is 30.9. The Morgan fingerprint density at radius 3 is 1.50 bits per heavy atom. The SMILES string of the molecule is Cc1cccc(C)c1O.Oc1c(Cl)cc(Cl)cc1Cl.Oc1ccc(Cl)cc1.Oc1cccc2ccccc12. The van der Waals surface area contributed by atoms with Crippen LogP contribution in [0.2, 0.25) is 20.1 Å². The number of phenolic OH excluding ortho intramolecular Hbond substituents is 4. The van der Waals surface area contributed by atoms with E-state index in [2.05, 4.69) is 0 Å². The normalized spacial score (nSPS) is 9.74. The van der Waals surface area contributed by atoms with E-state index in [1.54, 1.807) is 30.3 Å². The standard InChI is InChI=1S/C10H8O.C8H10O.C6H3Cl3O.C6H5ClO/c11-10-7-3-5-8-4-1-2-6-9(8)10;1-6-4-3-5-7(2)8(6)9;7-3-1-4(8)6(10)5(9)2-3;7-5-1-3-6(8)4-2-5/h1-7,11H;3-5,9H,1-2H3;1-2,10H;1-4,8H. The zero-order valence-corrected chi connectivity index (χ0v) is 23.6. The molecule has 0 radical (unpaired) electrons. The number of hydrogen-bond donors (Lipinski definition) is 4. The summed E-state index contributed by atoms with van der Waals surface area (Å²) in [6.45, 7) is 3.78. The van der Waals surface area contributed by atoms with E-state index < -0.39 is 0 Å². The Bertz CT molecular complexity index is 1400. The quantitative estimate of drug-likeness (QED) is 0.144. The van der Waals surface area contributed by atoms with Crippen molar-refractivity contribution in [3.05, 3.63) is 128 Å². The Balaban J connectivity index is 0.000000179. The molecule has 0 atom stereocenters. The Hall–Kier alpha value is -3.28. The van der Waals surface area contributed by atoms with Gasteiger partial charge in [-0.2, -0.15) is 0 Å². The van der Waals surface area contributed by atoms with Gasteiger partial charge in [0, 0.05) is 15.4 Å². The van der Waals surface area contributed by atoms with Crippen LogP contribution < -0.4 is 0 Å². The van der Waals surface area contributed by atoms with Gasteiger partial charge in [0.25, 0.3) is 0 Å². The van der Waals surface area contributed by atoms with Gasteiger partial charge in [0.15, 0.2) is 5.75 Å². The molecule has 4 nitrogen and oxygen atoms in total. The maximum absolute atomic E-state index is 9.37. The molecule has 0 unspecified atom stereocenters. The van der Waals surface area contributed by atoms with E-state index >= 15 is 0 Å². The summed E-state index contributed by atoms with van der Waals surface area (Å²) in [5, 5.41) is 39.7. The molecule has 0 aliphatic carbocycles. The third-order valence-electron chi connectivity index (χ3n) is 5.01. The molecule has 5 aromatic carbocycles. The van der Waals surface area contributed by atoms with Crippen molar-refractivity contribution in [3.8, 4) is 23.0 Å². The second-order valence-electron chi connectivity index (χ2n) is 7.93. The number of aryl methyl sites for hydroxylation is 2. The van der Waals surface area contributed by atoms with Crippen molar-refractivity contribution < 1.29 is 20.4 Å². The Morgan fingerprint density at radius 1 is 0.500 bits per heavy atom. The number of fused-ring (bicyclic) bond motifs is 1. The molecule has 0 aromatic heterocycles. The molecule has 0 fully saturated rings. The first-order valence-corrected chi connectivity index (χ1v) is 12.7. The molecule has 0 heterocycles. The Kier molecular flexibility index (Phi) is 12.4. The predicted molar refractivity (Wildman–Crippen MR) is 159 cm³/mol. The van der Waals surface area contributed by atoms with E-state index in [4.69, 9.17) is 56.6 Å². The molecule has 0 spiro atoms. The third kappa shape index (κ3) is 9.88. The smallest absolute Gasteiger partial charge is 0.152 e. The Labute approximate surface area is 241 Å². The fourth-order valence-electron chi connectivity index (χ4n) is 2.99. The second-order valence-corrected chi connectivity index (χ2v) is 9.62. The van der Waals surface area contributed by atoms with Crippen molar-refractivity contribution in [2.24, 2.45) is 0 Å². The third-order valence-corrected chi connectivity index (χ3v) is 6.06. The Morgan fingerprint density at radius 2 is 1.00 bits per heavy atom. The van der Waals surface area contributed by atoms with Crippen molar-refractivity contribution >= 4 is 57.2 Å². The minimum absolute atomic E-state index is 0.132. The van der Waals surface area contributed by atoms with Gasteiger partial charge in [0.2, 0.25) is 0 Å². The van der Waals surface area contributed by atoms with Crippen LogP contribution in [0.25, 0.3) is 10.8 Å². The summed E-state index contributed by atoms with van der Waals surface area (Å²) in [7, 11) is 0. The van der Waals surface area contributed by atoms with Crippen LogP contribution in [0.1, 0.15) is 11.1 Å². The number of benzene rings is 5. The van der Waals surface area contributed by atoms with E-state index in [0.29, 0.717) is 21.5 Å². The van der Waals surface area contributed by atoms with Crippen LogP contribution in [0.3, 0.4) is 0 Å². The molecule has 5 aromatic rings. The lowest BCUT2D eigenvalue weighted by atomic mass is 10.1. The lowest BCUT2D eigenvalue weighted by Gasteiger charge is -1.99. The summed E-state index contributed by atoms with van der Waals surface area (Å²) in [6, 6.07) is 28.2. The second kappa shape index (κ2) is 15.2. The highest BCUT2D eigenvalue weighted by atomic mass is 35.5. The van der Waals surface area contributed by atoms with Crippen molar-refractivity contribution in [1.29, 1.82) is 0 Å². The number of halogens is 4. The van der Waals surface area contributed by atoms with Gasteiger partial charge in [-0.25, -0.2) is 0 Å². The molecule has 5 rings (SSSR count). The van der Waals surface area contributed by atoms with Crippen molar-refractivity contribution in [2.45, 2.75) is 13.8 Å². The van der Waals surface area contributed by atoms with Crippen LogP contribution in [0, 0.1) is 13.8 Å². The molecule has 0 saturated carbocycles. The molecular formula is C30H26Cl4O4. The summed E-state index contributed by atoms with van der Waals surface area (Å²) in [6.07, 6.45) is 0. The molecule has 0 saturated heterocycles. The van der Waals surface area contributed by atoms with Crippen LogP contribution in [0.15, 0.2) is 97.1 Å². The van der Waals surface area contributed by atoms with Gasteiger partial charge >= 0.3 is 0 Å². The first-order chi connectivity index (χ1) is 18.0. The van der Waals surface area contributed by atoms with E-state index in [-0.39, 0.29) is 21.5 Å². The molecule has 4 N–H and O–H groups in total. The van der Waals surface area contributed by atoms with Crippen LogP contribution in [-0.2, 0) is 0 Å². The van der Waals surface area contributed by atoms with Gasteiger partial charge in [-0.05, 0) is 72.8 Å². The highest BCUT2D eigenvalue weighted by Gasteiger charge is 2.04. The minimum atomic E-state index is -0.132. The van der Waals surface area contributed by atoms with Gasteiger partial charge in [0.1, 0.15) is 17.2 Å². The predicted octanol–water partition coefficient (Wildman–Crippen LogP) is 9.95. The van der Waals surface area contributed by atoms with Gasteiger partial charge in [-0.15, -0.1) is 0 Å². The number of aromatic hydroxyl groups is 4. The van der Waals surface area contributed by atoms with Crippen LogP contribution in [0.4, 0.5) is 0 Å². The molecule has 198 valence electrons. The van der Waals surface area contributed by atoms with E-state index in [0.717, 1.165) is 21.9 Å². The largest absolute Gasteiger partial charge is 0.508 e. The van der Waals surface area contributed by atoms with Crippen molar-refractivity contribution in [2.75, 3.05) is 0 Å². The molecule has 0 aliphatic heterocycles. The summed E-state index contributed by atoms with van der Waals surface area (Å²) >= 11 is 22.0. The van der Waals surface area contributed by atoms with Crippen molar-refractivity contribution in [3.63, 3.8) is 0 Å². The van der Waals surface area contributed by atoms with Gasteiger partial charge in [-0.3, -0.25) is 0 Å². The highest BCUT2D eigenvalue weighted by Crippen LogP contribution is 2.34. The molecule has 8 heteroatoms. The fraction of sp³-hybridized carbons (Fsp3) is 0.0667. The summed E-state index contributed by atoms with van der Waals surface area (Å²) in [4.78, 5) is 0. The average Bonchev–Trinajstić information content (AvgIpc) is 2.89. The topological polar surface area (TPSA) is 80.9 Å². The van der Waals surface area contributed by atoms with Gasteiger partial charge < -0.3 is 20.4 Å². The van der Waals surface area contributed by atoms with Gasteiger partial charge in [-0.1, -0.05) is 101 Å². The zero-order chi connectivity index (χ0) is 28.2. The lowest BCUT2D eigenvalue weighted by molar-refractivity contribution is 0.467. The summed E-state index contributed by atoms with van der Waals surface area (Å²) in [5.74, 6) is 0.878. The van der Waals surface area contributed by atoms with Crippen LogP contribution >= 0.6 is 46.4 Å². The summed E-state index contributed by atoms with van der Waals surface area (Å²) in [5.41, 5.74) is 1.88. The van der Waals surface area contributed by atoms with Crippen LogP contribution in [-0.4, -0.2) is 20.4 Å². The maximum atomic E-state index is 9.37. The molecule has 0 aliphatic rings. The van der Waals surface area contributed by atoms with Crippen LogP contribution in [0.5, 0.6) is 23.0 Å². The lowest BCUT2D eigenvalue weighted by Crippen LogP contribution is -1.76. The zero-order valence-electron chi connectivity index (χ0n) is 20.5. The molecule has 0 amide bonds. The number of para-hydroxylation sites is 1. The number of phenols is 4. The monoisotopic (exact) mass is 590 g/mol.